The van der Waals surface area contributed by atoms with E-state index in [-0.39, 0.29) is 6.10 Å². The predicted molar refractivity (Wildman–Crippen MR) is 52.0 cm³/mol. The maximum atomic E-state index is 9.23. The van der Waals surface area contributed by atoms with Crippen molar-refractivity contribution in [1.29, 1.82) is 0 Å². The SMILES string of the molecule is CC(O)CC1CCC(C)(C)CC1. The molecule has 0 aromatic carbocycles. The topological polar surface area (TPSA) is 20.2 Å². The van der Waals surface area contributed by atoms with Crippen molar-refractivity contribution in [3.8, 4) is 0 Å². The van der Waals surface area contributed by atoms with E-state index in [1.807, 2.05) is 6.92 Å². The second-order valence-corrected chi connectivity index (χ2v) is 5.19. The first-order chi connectivity index (χ1) is 5.49. The summed E-state index contributed by atoms with van der Waals surface area (Å²) in [5.74, 6) is 0.790. The molecule has 0 aliphatic heterocycles. The Bertz CT molecular complexity index is 128. The molecule has 0 spiro atoms. The van der Waals surface area contributed by atoms with Crippen LogP contribution in [0.25, 0.3) is 0 Å². The molecular weight excluding hydrogens is 148 g/mol. The van der Waals surface area contributed by atoms with E-state index in [0.717, 1.165) is 12.3 Å². The molecule has 1 fully saturated rings. The highest BCUT2D eigenvalue weighted by Crippen LogP contribution is 2.39. The minimum atomic E-state index is -0.101. The molecule has 0 aromatic heterocycles. The molecule has 0 bridgehead atoms. The minimum Gasteiger partial charge on any atom is -0.393 e. The molecule has 1 saturated carbocycles. The fourth-order valence-corrected chi connectivity index (χ4v) is 2.18. The van der Waals surface area contributed by atoms with E-state index in [4.69, 9.17) is 0 Å². The van der Waals surface area contributed by atoms with Crippen molar-refractivity contribution in [2.75, 3.05) is 0 Å². The highest BCUT2D eigenvalue weighted by atomic mass is 16.3. The second kappa shape index (κ2) is 3.78. The third-order valence-corrected chi connectivity index (χ3v) is 3.13. The van der Waals surface area contributed by atoms with Crippen molar-refractivity contribution in [2.24, 2.45) is 11.3 Å². The molecule has 72 valence electrons. The molecule has 12 heavy (non-hydrogen) atoms. The normalized spacial score (nSPS) is 27.0. The highest BCUT2D eigenvalue weighted by molar-refractivity contribution is 4.79. The summed E-state index contributed by atoms with van der Waals surface area (Å²) in [6, 6.07) is 0. The summed E-state index contributed by atoms with van der Waals surface area (Å²) >= 11 is 0. The number of rotatable bonds is 2. The van der Waals surface area contributed by atoms with E-state index in [1.165, 1.54) is 25.7 Å². The van der Waals surface area contributed by atoms with Crippen molar-refractivity contribution in [2.45, 2.75) is 59.0 Å². The minimum absolute atomic E-state index is 0.101. The van der Waals surface area contributed by atoms with Crippen LogP contribution in [0.2, 0.25) is 0 Å². The lowest BCUT2D eigenvalue weighted by Crippen LogP contribution is -2.23. The Balaban J connectivity index is 2.27. The highest BCUT2D eigenvalue weighted by Gasteiger charge is 2.26. The Morgan fingerprint density at radius 3 is 2.25 bits per heavy atom. The molecule has 0 saturated heterocycles. The van der Waals surface area contributed by atoms with Crippen LogP contribution in [0.4, 0.5) is 0 Å². The van der Waals surface area contributed by atoms with E-state index >= 15 is 0 Å². The zero-order chi connectivity index (χ0) is 9.19. The van der Waals surface area contributed by atoms with Gasteiger partial charge in [0.05, 0.1) is 6.10 Å². The average Bonchev–Trinajstić information content (AvgIpc) is 1.93. The lowest BCUT2D eigenvalue weighted by Gasteiger charge is -2.34. The molecule has 0 radical (unpaired) electrons. The van der Waals surface area contributed by atoms with Gasteiger partial charge in [-0.2, -0.15) is 0 Å². The Morgan fingerprint density at radius 1 is 1.33 bits per heavy atom. The number of aliphatic hydroxyl groups excluding tert-OH is 1. The Morgan fingerprint density at radius 2 is 1.83 bits per heavy atom. The first-order valence-electron chi connectivity index (χ1n) is 5.18. The fraction of sp³-hybridized carbons (Fsp3) is 1.00. The summed E-state index contributed by atoms with van der Waals surface area (Å²) in [7, 11) is 0. The van der Waals surface area contributed by atoms with Crippen molar-refractivity contribution < 1.29 is 5.11 Å². The molecule has 1 aliphatic rings. The second-order valence-electron chi connectivity index (χ2n) is 5.19. The lowest BCUT2D eigenvalue weighted by molar-refractivity contribution is 0.118. The molecule has 0 amide bonds. The van der Waals surface area contributed by atoms with Gasteiger partial charge in [0.1, 0.15) is 0 Å². The van der Waals surface area contributed by atoms with Crippen LogP contribution in [0.5, 0.6) is 0 Å². The summed E-state index contributed by atoms with van der Waals surface area (Å²) in [6.45, 7) is 6.61. The molecule has 1 rings (SSSR count). The summed E-state index contributed by atoms with van der Waals surface area (Å²) < 4.78 is 0. The Hall–Kier alpha value is -0.0400. The molecule has 1 aliphatic carbocycles. The lowest BCUT2D eigenvalue weighted by atomic mass is 9.72. The van der Waals surface area contributed by atoms with Crippen LogP contribution in [-0.4, -0.2) is 11.2 Å². The van der Waals surface area contributed by atoms with Crippen molar-refractivity contribution >= 4 is 0 Å². The summed E-state index contributed by atoms with van der Waals surface area (Å²) in [5.41, 5.74) is 0.565. The van der Waals surface area contributed by atoms with Crippen molar-refractivity contribution in [3.05, 3.63) is 0 Å². The van der Waals surface area contributed by atoms with Gasteiger partial charge in [-0.25, -0.2) is 0 Å². The van der Waals surface area contributed by atoms with E-state index in [2.05, 4.69) is 13.8 Å². The van der Waals surface area contributed by atoms with Crippen LogP contribution < -0.4 is 0 Å². The van der Waals surface area contributed by atoms with Crippen LogP contribution in [0.15, 0.2) is 0 Å². The largest absolute Gasteiger partial charge is 0.393 e. The molecule has 1 heteroatoms. The van der Waals surface area contributed by atoms with E-state index in [9.17, 15) is 5.11 Å². The maximum Gasteiger partial charge on any atom is 0.0514 e. The van der Waals surface area contributed by atoms with Crippen LogP contribution >= 0.6 is 0 Å². The summed E-state index contributed by atoms with van der Waals surface area (Å²) in [4.78, 5) is 0. The molecule has 0 heterocycles. The predicted octanol–water partition coefficient (Wildman–Crippen LogP) is 2.97. The van der Waals surface area contributed by atoms with Gasteiger partial charge in [0, 0.05) is 0 Å². The number of aliphatic hydroxyl groups is 1. The molecule has 0 aromatic rings. The zero-order valence-electron chi connectivity index (χ0n) is 8.64. The van der Waals surface area contributed by atoms with E-state index in [0.29, 0.717) is 5.41 Å². The van der Waals surface area contributed by atoms with Gasteiger partial charge in [-0.3, -0.25) is 0 Å². The monoisotopic (exact) mass is 170 g/mol. The third kappa shape index (κ3) is 3.14. The van der Waals surface area contributed by atoms with E-state index < -0.39 is 0 Å². The Labute approximate surface area is 76.2 Å². The summed E-state index contributed by atoms with van der Waals surface area (Å²) in [5, 5.41) is 9.23. The van der Waals surface area contributed by atoms with Crippen molar-refractivity contribution in [3.63, 3.8) is 0 Å². The molecule has 1 nitrogen and oxygen atoms in total. The van der Waals surface area contributed by atoms with Gasteiger partial charge in [0.25, 0.3) is 0 Å². The average molecular weight is 170 g/mol. The smallest absolute Gasteiger partial charge is 0.0514 e. The maximum absolute atomic E-state index is 9.23. The molecule has 1 atom stereocenters. The van der Waals surface area contributed by atoms with Crippen LogP contribution in [0, 0.1) is 11.3 Å². The van der Waals surface area contributed by atoms with Crippen LogP contribution in [0.3, 0.4) is 0 Å². The third-order valence-electron chi connectivity index (χ3n) is 3.13. The Kier molecular flexibility index (Phi) is 3.16. The van der Waals surface area contributed by atoms with E-state index in [1.54, 1.807) is 0 Å². The van der Waals surface area contributed by atoms with Gasteiger partial charge in [-0.05, 0) is 50.4 Å². The van der Waals surface area contributed by atoms with Gasteiger partial charge in [-0.15, -0.1) is 0 Å². The van der Waals surface area contributed by atoms with Gasteiger partial charge < -0.3 is 5.11 Å². The van der Waals surface area contributed by atoms with Gasteiger partial charge >= 0.3 is 0 Å². The van der Waals surface area contributed by atoms with Crippen LogP contribution in [0.1, 0.15) is 52.9 Å². The first kappa shape index (κ1) is 10.0. The van der Waals surface area contributed by atoms with Crippen molar-refractivity contribution in [1.82, 2.24) is 0 Å². The molecule has 1 unspecified atom stereocenters. The molecular formula is C11H22O. The quantitative estimate of drug-likeness (QED) is 0.675. The first-order valence-corrected chi connectivity index (χ1v) is 5.18. The number of hydrogen-bond acceptors (Lipinski definition) is 1. The fourth-order valence-electron chi connectivity index (χ4n) is 2.18. The van der Waals surface area contributed by atoms with Gasteiger partial charge in [0.15, 0.2) is 0 Å². The van der Waals surface area contributed by atoms with Gasteiger partial charge in [-0.1, -0.05) is 13.8 Å². The number of hydrogen-bond donors (Lipinski definition) is 1. The molecule has 1 N–H and O–H groups in total. The standard InChI is InChI=1S/C11H22O/c1-9(12)8-10-4-6-11(2,3)7-5-10/h9-10,12H,4-8H2,1-3H3. The zero-order valence-corrected chi connectivity index (χ0v) is 8.64. The summed E-state index contributed by atoms with van der Waals surface area (Å²) in [6.07, 6.45) is 6.22. The van der Waals surface area contributed by atoms with Crippen LogP contribution in [-0.2, 0) is 0 Å². The van der Waals surface area contributed by atoms with Gasteiger partial charge in [0.2, 0.25) is 0 Å².